The molecule has 0 aromatic rings. The molecule has 0 aromatic heterocycles. The second-order valence-corrected chi connectivity index (χ2v) is 9.34. The average molecular weight is 480 g/mol. The third-order valence-electron chi connectivity index (χ3n) is 4.68. The number of allylic oxidation sites excluding steroid dienone is 2. The number of hydrogen-bond donors (Lipinski definition) is 4. The van der Waals surface area contributed by atoms with Crippen molar-refractivity contribution in [1.29, 1.82) is 0 Å². The molecule has 0 aliphatic heterocycles. The molecule has 0 bridgehead atoms. The van der Waals surface area contributed by atoms with Crippen molar-refractivity contribution in [3.63, 3.8) is 0 Å². The minimum atomic E-state index is -4.84. The van der Waals surface area contributed by atoms with Crippen LogP contribution < -0.4 is 5.73 Å². The summed E-state index contributed by atoms with van der Waals surface area (Å²) in [5, 5.41) is 13.9. The standard InChI is InChI=1S/C18H35NO.C4H6O7S/c1-2-3-4-5-6-7-8-9-10-11-12-13-14-15-16-17-18(19)20;5-3(6)1-2(4(7)8)12(9,10)11/h9-10H,2-8,11-17H2,1H3,(H2,19,20);2H,1H2,(H,5,6)(H,7,8)(H,9,10,11)/b10-9-;. The predicted molar refractivity (Wildman–Crippen MR) is 124 cm³/mol. The van der Waals surface area contributed by atoms with Crippen LogP contribution in [0.25, 0.3) is 0 Å². The number of nitrogens with two attached hydrogens (primary N) is 1. The predicted octanol–water partition coefficient (Wildman–Crippen LogP) is 4.31. The van der Waals surface area contributed by atoms with Crippen molar-refractivity contribution in [2.75, 3.05) is 0 Å². The molecule has 0 rings (SSSR count). The summed E-state index contributed by atoms with van der Waals surface area (Å²) in [7, 11) is -4.84. The Morgan fingerprint density at radius 1 is 0.812 bits per heavy atom. The molecule has 10 heteroatoms. The molecular weight excluding hydrogens is 438 g/mol. The molecule has 32 heavy (non-hydrogen) atoms. The molecule has 9 nitrogen and oxygen atoms in total. The van der Waals surface area contributed by atoms with Crippen molar-refractivity contribution in [2.24, 2.45) is 5.73 Å². The van der Waals surface area contributed by atoms with Crippen LogP contribution in [0.3, 0.4) is 0 Å². The summed E-state index contributed by atoms with van der Waals surface area (Å²) in [4.78, 5) is 30.5. The van der Waals surface area contributed by atoms with E-state index in [9.17, 15) is 22.8 Å². The van der Waals surface area contributed by atoms with Crippen LogP contribution in [0.1, 0.15) is 103 Å². The number of unbranched alkanes of at least 4 members (excludes halogenated alkanes) is 11. The van der Waals surface area contributed by atoms with E-state index in [1.807, 2.05) is 0 Å². The molecule has 0 fully saturated rings. The minimum Gasteiger partial charge on any atom is -0.481 e. The summed E-state index contributed by atoms with van der Waals surface area (Å²) in [6.07, 6.45) is 20.8. The van der Waals surface area contributed by atoms with E-state index in [0.29, 0.717) is 6.42 Å². The highest BCUT2D eigenvalue weighted by atomic mass is 32.2. The Morgan fingerprint density at radius 2 is 1.25 bits per heavy atom. The van der Waals surface area contributed by atoms with Crippen LogP contribution >= 0.6 is 0 Å². The van der Waals surface area contributed by atoms with Crippen LogP contribution in [-0.4, -0.2) is 46.3 Å². The van der Waals surface area contributed by atoms with Crippen LogP contribution in [-0.2, 0) is 24.5 Å². The Hall–Kier alpha value is -1.94. The summed E-state index contributed by atoms with van der Waals surface area (Å²) < 4.78 is 28.7. The van der Waals surface area contributed by atoms with Crippen molar-refractivity contribution in [3.8, 4) is 0 Å². The Balaban J connectivity index is 0. The number of aliphatic carboxylic acids is 2. The van der Waals surface area contributed by atoms with Gasteiger partial charge in [-0.2, -0.15) is 8.42 Å². The van der Waals surface area contributed by atoms with E-state index in [-0.39, 0.29) is 5.91 Å². The van der Waals surface area contributed by atoms with E-state index in [0.717, 1.165) is 12.8 Å². The average Bonchev–Trinajstić information content (AvgIpc) is 2.68. The zero-order valence-electron chi connectivity index (χ0n) is 19.2. The molecule has 0 saturated heterocycles. The van der Waals surface area contributed by atoms with Crippen molar-refractivity contribution in [1.82, 2.24) is 0 Å². The highest BCUT2D eigenvalue weighted by Gasteiger charge is 2.33. The lowest BCUT2D eigenvalue weighted by molar-refractivity contribution is -0.143. The van der Waals surface area contributed by atoms with Crippen molar-refractivity contribution in [2.45, 2.75) is 108 Å². The fourth-order valence-electron chi connectivity index (χ4n) is 2.85. The maximum atomic E-state index is 10.5. The lowest BCUT2D eigenvalue weighted by Gasteiger charge is -2.04. The summed E-state index contributed by atoms with van der Waals surface area (Å²) in [5.74, 6) is -3.66. The number of carbonyl (C=O) groups excluding carboxylic acids is 1. The van der Waals surface area contributed by atoms with Gasteiger partial charge in [-0.1, -0.05) is 70.4 Å². The first-order chi connectivity index (χ1) is 15.0. The van der Waals surface area contributed by atoms with Crippen LogP contribution in [0.15, 0.2) is 12.2 Å². The number of rotatable bonds is 19. The monoisotopic (exact) mass is 479 g/mol. The van der Waals surface area contributed by atoms with E-state index in [1.165, 1.54) is 70.6 Å². The van der Waals surface area contributed by atoms with E-state index in [1.54, 1.807) is 0 Å². The van der Waals surface area contributed by atoms with E-state index in [2.05, 4.69) is 19.1 Å². The van der Waals surface area contributed by atoms with Gasteiger partial charge in [0.25, 0.3) is 10.1 Å². The number of carboxylic acid groups (broad SMARTS) is 2. The molecule has 0 saturated carbocycles. The van der Waals surface area contributed by atoms with Gasteiger partial charge in [0.15, 0.2) is 5.25 Å². The maximum absolute atomic E-state index is 10.5. The van der Waals surface area contributed by atoms with E-state index in [4.69, 9.17) is 20.5 Å². The van der Waals surface area contributed by atoms with Gasteiger partial charge in [-0.05, 0) is 32.1 Å². The molecule has 0 heterocycles. The van der Waals surface area contributed by atoms with E-state index < -0.39 is 33.7 Å². The lowest BCUT2D eigenvalue weighted by atomic mass is 10.1. The topological polar surface area (TPSA) is 172 Å². The van der Waals surface area contributed by atoms with Crippen LogP contribution in [0.4, 0.5) is 0 Å². The molecular formula is C22H41NO8S. The highest BCUT2D eigenvalue weighted by molar-refractivity contribution is 7.87. The van der Waals surface area contributed by atoms with Gasteiger partial charge < -0.3 is 15.9 Å². The van der Waals surface area contributed by atoms with Gasteiger partial charge in [-0.15, -0.1) is 0 Å². The quantitative estimate of drug-likeness (QED) is 0.120. The first-order valence-electron chi connectivity index (χ1n) is 11.4. The Kier molecular flexibility index (Phi) is 21.1. The zero-order chi connectivity index (χ0) is 24.8. The highest BCUT2D eigenvalue weighted by Crippen LogP contribution is 2.09. The SMILES string of the molecule is CCCCCCCC/C=C\CCCCCCCC(N)=O.O=C(O)CC(C(=O)O)S(=O)(=O)O. The molecule has 5 N–H and O–H groups in total. The molecule has 0 spiro atoms. The van der Waals surface area contributed by atoms with Crippen molar-refractivity contribution < 1.29 is 37.6 Å². The lowest BCUT2D eigenvalue weighted by Crippen LogP contribution is -2.31. The molecule has 188 valence electrons. The molecule has 0 aliphatic rings. The molecule has 1 atom stereocenters. The second-order valence-electron chi connectivity index (χ2n) is 7.74. The van der Waals surface area contributed by atoms with Crippen LogP contribution in [0.5, 0.6) is 0 Å². The second kappa shape index (κ2) is 20.9. The van der Waals surface area contributed by atoms with Gasteiger partial charge >= 0.3 is 11.9 Å². The van der Waals surface area contributed by atoms with Crippen LogP contribution in [0.2, 0.25) is 0 Å². The fourth-order valence-corrected chi connectivity index (χ4v) is 3.46. The van der Waals surface area contributed by atoms with Gasteiger partial charge in [0.1, 0.15) is 0 Å². The third kappa shape index (κ3) is 24.3. The van der Waals surface area contributed by atoms with Crippen molar-refractivity contribution in [3.05, 3.63) is 12.2 Å². The first kappa shape index (κ1) is 32.2. The number of hydrogen-bond acceptors (Lipinski definition) is 5. The van der Waals surface area contributed by atoms with Gasteiger partial charge in [0.05, 0.1) is 6.42 Å². The zero-order valence-corrected chi connectivity index (χ0v) is 20.0. The molecule has 0 radical (unpaired) electrons. The first-order valence-corrected chi connectivity index (χ1v) is 12.9. The Labute approximate surface area is 192 Å². The molecule has 1 unspecified atom stereocenters. The summed E-state index contributed by atoms with van der Waals surface area (Å²) in [5.41, 5.74) is 5.10. The van der Waals surface area contributed by atoms with Gasteiger partial charge in [-0.25, -0.2) is 0 Å². The van der Waals surface area contributed by atoms with E-state index >= 15 is 0 Å². The molecule has 0 aromatic carbocycles. The molecule has 1 amide bonds. The molecule has 0 aliphatic carbocycles. The number of carboxylic acids is 2. The van der Waals surface area contributed by atoms with Gasteiger partial charge in [-0.3, -0.25) is 18.9 Å². The third-order valence-corrected chi connectivity index (χ3v) is 5.77. The normalized spacial score (nSPS) is 12.2. The number of carbonyl (C=O) groups is 3. The summed E-state index contributed by atoms with van der Waals surface area (Å²) in [6, 6.07) is 0. The largest absolute Gasteiger partial charge is 0.481 e. The van der Waals surface area contributed by atoms with Gasteiger partial charge in [0.2, 0.25) is 5.91 Å². The fraction of sp³-hybridized carbons (Fsp3) is 0.773. The number of amides is 1. The summed E-state index contributed by atoms with van der Waals surface area (Å²) in [6.45, 7) is 2.26. The maximum Gasteiger partial charge on any atom is 0.325 e. The van der Waals surface area contributed by atoms with Crippen molar-refractivity contribution >= 4 is 28.0 Å². The Bertz CT molecular complexity index is 646. The number of primary amides is 1. The van der Waals surface area contributed by atoms with Crippen LogP contribution in [0, 0.1) is 0 Å². The van der Waals surface area contributed by atoms with Gasteiger partial charge in [0, 0.05) is 6.42 Å². The summed E-state index contributed by atoms with van der Waals surface area (Å²) >= 11 is 0. The Morgan fingerprint density at radius 3 is 1.59 bits per heavy atom. The minimum absolute atomic E-state index is 0.164. The smallest absolute Gasteiger partial charge is 0.325 e.